The third kappa shape index (κ3) is 4.15. The van der Waals surface area contributed by atoms with Crippen LogP contribution in [0.2, 0.25) is 0 Å². The van der Waals surface area contributed by atoms with Crippen molar-refractivity contribution in [1.29, 1.82) is 0 Å². The van der Waals surface area contributed by atoms with Crippen LogP contribution in [0.3, 0.4) is 0 Å². The van der Waals surface area contributed by atoms with Crippen LogP contribution < -0.4 is 10.2 Å². The van der Waals surface area contributed by atoms with Gasteiger partial charge in [0.2, 0.25) is 5.91 Å². The lowest BCUT2D eigenvalue weighted by molar-refractivity contribution is -0.127. The van der Waals surface area contributed by atoms with E-state index < -0.39 is 0 Å². The zero-order valence-corrected chi connectivity index (χ0v) is 16.5. The molecule has 152 valence electrons. The third-order valence-corrected chi connectivity index (χ3v) is 6.10. The molecule has 0 spiro atoms. The molecule has 1 atom stereocenters. The molecule has 2 aliphatic heterocycles. The van der Waals surface area contributed by atoms with Crippen molar-refractivity contribution in [2.24, 2.45) is 5.92 Å². The Morgan fingerprint density at radius 3 is 2.61 bits per heavy atom. The van der Waals surface area contributed by atoms with Crippen LogP contribution in [0.4, 0.5) is 6.01 Å². The van der Waals surface area contributed by atoms with Crippen LogP contribution >= 0.6 is 0 Å². The molecule has 2 N–H and O–H groups in total. The van der Waals surface area contributed by atoms with Crippen LogP contribution in [0.1, 0.15) is 32.6 Å². The molecule has 1 aromatic heterocycles. The summed E-state index contributed by atoms with van der Waals surface area (Å²) < 4.78 is 5.91. The van der Waals surface area contributed by atoms with Gasteiger partial charge in [-0.25, -0.2) is 0 Å². The maximum atomic E-state index is 12.3. The van der Waals surface area contributed by atoms with Crippen LogP contribution in [-0.4, -0.2) is 65.8 Å². The maximum Gasteiger partial charge on any atom is 0.298 e. The lowest BCUT2D eigenvalue weighted by atomic mass is 9.92. The first-order valence-corrected chi connectivity index (χ1v) is 10.4. The first-order valence-electron chi connectivity index (χ1n) is 10.4. The normalized spacial score (nSPS) is 21.1. The monoisotopic (exact) mass is 386 g/mol. The average molecular weight is 386 g/mol. The minimum Gasteiger partial charge on any atom is -0.423 e. The second-order valence-electron chi connectivity index (χ2n) is 8.08. The fraction of sp³-hybridized carbons (Fsp3) is 0.619. The van der Waals surface area contributed by atoms with Crippen molar-refractivity contribution in [3.05, 3.63) is 24.3 Å². The topological polar surface area (TPSA) is 81.8 Å². The highest BCUT2D eigenvalue weighted by Crippen LogP contribution is 2.28. The van der Waals surface area contributed by atoms with E-state index >= 15 is 0 Å². The second-order valence-corrected chi connectivity index (χ2v) is 8.08. The number of benzene rings is 1. The molecule has 0 bridgehead atoms. The van der Waals surface area contributed by atoms with Crippen molar-refractivity contribution in [1.82, 2.24) is 15.2 Å². The van der Waals surface area contributed by atoms with Crippen LogP contribution in [0.15, 0.2) is 28.7 Å². The van der Waals surface area contributed by atoms with Gasteiger partial charge in [-0.15, -0.1) is 0 Å². The lowest BCUT2D eigenvalue weighted by Gasteiger charge is -2.41. The van der Waals surface area contributed by atoms with E-state index in [1.54, 1.807) is 0 Å². The predicted molar refractivity (Wildman–Crippen MR) is 108 cm³/mol. The molecule has 0 aliphatic carbocycles. The Labute approximate surface area is 165 Å². The first kappa shape index (κ1) is 19.2. The number of amides is 1. The molecule has 2 saturated heterocycles. The van der Waals surface area contributed by atoms with Gasteiger partial charge in [0.05, 0.1) is 6.61 Å². The van der Waals surface area contributed by atoms with Gasteiger partial charge in [-0.3, -0.25) is 4.79 Å². The zero-order valence-electron chi connectivity index (χ0n) is 16.5. The van der Waals surface area contributed by atoms with E-state index in [0.29, 0.717) is 6.04 Å². The van der Waals surface area contributed by atoms with Gasteiger partial charge in [0, 0.05) is 31.1 Å². The number of aliphatic hydroxyl groups is 1. The number of rotatable bonds is 5. The Balaban J connectivity index is 1.26. The predicted octanol–water partition coefficient (Wildman–Crippen LogP) is 2.01. The van der Waals surface area contributed by atoms with E-state index in [1.165, 1.54) is 0 Å². The van der Waals surface area contributed by atoms with Crippen molar-refractivity contribution < 1.29 is 14.3 Å². The zero-order chi connectivity index (χ0) is 19.5. The van der Waals surface area contributed by atoms with Crippen molar-refractivity contribution in [3.63, 3.8) is 0 Å². The van der Waals surface area contributed by atoms with E-state index in [2.05, 4.69) is 20.1 Å². The fourth-order valence-electron chi connectivity index (χ4n) is 4.35. The molecule has 1 amide bonds. The summed E-state index contributed by atoms with van der Waals surface area (Å²) in [5.74, 6) is 0.164. The largest absolute Gasteiger partial charge is 0.423 e. The molecule has 7 heteroatoms. The second kappa shape index (κ2) is 8.49. The molecule has 0 unspecified atom stereocenters. The molecule has 0 saturated carbocycles. The molecule has 2 aliphatic rings. The number of aromatic nitrogens is 1. The van der Waals surface area contributed by atoms with Gasteiger partial charge >= 0.3 is 0 Å². The van der Waals surface area contributed by atoms with Crippen LogP contribution in [-0.2, 0) is 4.79 Å². The SMILES string of the molecule is C[C@@H](CO)NC(=O)C1CCN(C2CCN(c3nc4ccccc4o3)CC2)CC1. The van der Waals surface area contributed by atoms with Gasteiger partial charge in [-0.05, 0) is 57.8 Å². The van der Waals surface area contributed by atoms with Crippen molar-refractivity contribution >= 4 is 23.0 Å². The molecule has 4 rings (SSSR count). The maximum absolute atomic E-state index is 12.3. The Morgan fingerprint density at radius 1 is 1.21 bits per heavy atom. The number of anilines is 1. The van der Waals surface area contributed by atoms with Gasteiger partial charge in [0.25, 0.3) is 6.01 Å². The van der Waals surface area contributed by atoms with Gasteiger partial charge in [-0.1, -0.05) is 12.1 Å². The van der Waals surface area contributed by atoms with E-state index in [-0.39, 0.29) is 24.5 Å². The molecular weight excluding hydrogens is 356 g/mol. The molecule has 1 aromatic carbocycles. The Morgan fingerprint density at radius 2 is 1.93 bits per heavy atom. The number of carbonyl (C=O) groups is 1. The van der Waals surface area contributed by atoms with Gasteiger partial charge in [0.15, 0.2) is 5.58 Å². The van der Waals surface area contributed by atoms with E-state index in [0.717, 1.165) is 69.0 Å². The highest BCUT2D eigenvalue weighted by atomic mass is 16.4. The third-order valence-electron chi connectivity index (χ3n) is 6.10. The van der Waals surface area contributed by atoms with E-state index in [1.807, 2.05) is 31.2 Å². The number of hydrogen-bond acceptors (Lipinski definition) is 6. The van der Waals surface area contributed by atoms with Gasteiger partial charge in [-0.2, -0.15) is 4.98 Å². The number of carbonyl (C=O) groups excluding carboxylic acids is 1. The summed E-state index contributed by atoms with van der Waals surface area (Å²) >= 11 is 0. The minimum absolute atomic E-state index is 0.0107. The van der Waals surface area contributed by atoms with E-state index in [4.69, 9.17) is 9.52 Å². The smallest absolute Gasteiger partial charge is 0.298 e. The summed E-state index contributed by atoms with van der Waals surface area (Å²) in [5, 5.41) is 12.0. The summed E-state index contributed by atoms with van der Waals surface area (Å²) in [6.45, 7) is 5.66. The van der Waals surface area contributed by atoms with Crippen molar-refractivity contribution in [2.75, 3.05) is 37.7 Å². The number of hydrogen-bond donors (Lipinski definition) is 2. The van der Waals surface area contributed by atoms with Crippen LogP contribution in [0, 0.1) is 5.92 Å². The summed E-state index contributed by atoms with van der Waals surface area (Å²) in [4.78, 5) is 21.7. The number of nitrogens with one attached hydrogen (secondary N) is 1. The molecule has 28 heavy (non-hydrogen) atoms. The first-order chi connectivity index (χ1) is 13.6. The number of para-hydroxylation sites is 2. The van der Waals surface area contributed by atoms with Crippen LogP contribution in [0.25, 0.3) is 11.1 Å². The molecular formula is C21H30N4O3. The van der Waals surface area contributed by atoms with Crippen molar-refractivity contribution in [2.45, 2.75) is 44.7 Å². The number of piperidine rings is 2. The van der Waals surface area contributed by atoms with Gasteiger partial charge < -0.3 is 24.6 Å². The molecule has 3 heterocycles. The summed E-state index contributed by atoms with van der Waals surface area (Å²) in [7, 11) is 0. The quantitative estimate of drug-likeness (QED) is 0.818. The number of fused-ring (bicyclic) bond motifs is 1. The van der Waals surface area contributed by atoms with Gasteiger partial charge in [0.1, 0.15) is 5.52 Å². The van der Waals surface area contributed by atoms with Crippen LogP contribution in [0.5, 0.6) is 0 Å². The lowest BCUT2D eigenvalue weighted by Crippen LogP contribution is -2.50. The number of likely N-dealkylation sites (tertiary alicyclic amines) is 1. The highest BCUT2D eigenvalue weighted by molar-refractivity contribution is 5.79. The minimum atomic E-state index is -0.165. The molecule has 0 radical (unpaired) electrons. The standard InChI is InChI=1S/C21H30N4O3/c1-15(14-26)22-20(27)16-6-10-24(11-7-16)17-8-12-25(13-9-17)21-23-18-4-2-3-5-19(18)28-21/h2-5,15-17,26H,6-14H2,1H3,(H,22,27)/t15-/m0/s1. The van der Waals surface area contributed by atoms with E-state index in [9.17, 15) is 4.79 Å². The van der Waals surface area contributed by atoms with Crippen molar-refractivity contribution in [3.8, 4) is 0 Å². The summed E-state index contributed by atoms with van der Waals surface area (Å²) in [6, 6.07) is 9.03. The fourth-order valence-corrected chi connectivity index (χ4v) is 4.35. The summed E-state index contributed by atoms with van der Waals surface area (Å²) in [5.41, 5.74) is 1.76. The average Bonchev–Trinajstić information content (AvgIpc) is 3.18. The molecule has 2 aromatic rings. The highest BCUT2D eigenvalue weighted by Gasteiger charge is 2.31. The number of oxazole rings is 1. The number of nitrogens with zero attached hydrogens (tertiary/aromatic N) is 3. The molecule has 2 fully saturated rings. The Bertz CT molecular complexity index is 759. The summed E-state index contributed by atoms with van der Waals surface area (Å²) in [6.07, 6.45) is 3.99. The molecule has 7 nitrogen and oxygen atoms in total. The Kier molecular flexibility index (Phi) is 5.82. The number of aliphatic hydroxyl groups excluding tert-OH is 1. The Hall–Kier alpha value is -2.12.